The molecule has 3 aromatic carbocycles. The van der Waals surface area contributed by atoms with Gasteiger partial charge in [0.2, 0.25) is 11.8 Å². The highest BCUT2D eigenvalue weighted by Gasteiger charge is 2.35. The molecule has 0 aliphatic heterocycles. The molecule has 2 atom stereocenters. The number of halogens is 2. The van der Waals surface area contributed by atoms with Crippen molar-refractivity contribution in [3.63, 3.8) is 0 Å². The summed E-state index contributed by atoms with van der Waals surface area (Å²) < 4.78 is 28.5. The Morgan fingerprint density at radius 1 is 0.952 bits per heavy atom. The van der Waals surface area contributed by atoms with Crippen LogP contribution in [0.15, 0.2) is 77.7 Å². The Morgan fingerprint density at radius 3 is 2.14 bits per heavy atom. The molecule has 42 heavy (non-hydrogen) atoms. The number of nitrogens with zero attached hydrogens (tertiary/aromatic N) is 3. The average molecular weight is 636 g/mol. The van der Waals surface area contributed by atoms with Gasteiger partial charge < -0.3 is 10.2 Å². The molecule has 13 heteroatoms. The van der Waals surface area contributed by atoms with Crippen LogP contribution in [0.25, 0.3) is 0 Å². The molecule has 3 aromatic rings. The highest BCUT2D eigenvalue weighted by atomic mass is 35.5. The summed E-state index contributed by atoms with van der Waals surface area (Å²) in [6.45, 7) is 4.53. The van der Waals surface area contributed by atoms with Crippen molar-refractivity contribution in [1.82, 2.24) is 10.2 Å². The van der Waals surface area contributed by atoms with Crippen molar-refractivity contribution in [2.24, 2.45) is 0 Å². The van der Waals surface area contributed by atoms with Crippen LogP contribution in [0.2, 0.25) is 10.0 Å². The summed E-state index contributed by atoms with van der Waals surface area (Å²) in [6, 6.07) is 16.1. The fourth-order valence-electron chi connectivity index (χ4n) is 4.22. The van der Waals surface area contributed by atoms with E-state index in [9.17, 15) is 28.1 Å². The first-order valence-electron chi connectivity index (χ1n) is 13.3. The number of nitro benzene ring substituents is 1. The molecule has 0 aliphatic carbocycles. The summed E-state index contributed by atoms with van der Waals surface area (Å²) in [4.78, 5) is 39.5. The molecule has 0 radical (unpaired) electrons. The van der Waals surface area contributed by atoms with Crippen LogP contribution in [0, 0.1) is 10.1 Å². The van der Waals surface area contributed by atoms with Crippen molar-refractivity contribution in [1.29, 1.82) is 0 Å². The molecule has 0 bridgehead atoms. The van der Waals surface area contributed by atoms with Crippen molar-refractivity contribution in [2.75, 3.05) is 10.8 Å². The number of carbonyl (C=O) groups excluding carboxylic acids is 2. The van der Waals surface area contributed by atoms with Crippen LogP contribution < -0.4 is 9.62 Å². The van der Waals surface area contributed by atoms with Gasteiger partial charge in [-0.15, -0.1) is 0 Å². The van der Waals surface area contributed by atoms with Gasteiger partial charge in [-0.2, -0.15) is 0 Å². The van der Waals surface area contributed by atoms with E-state index >= 15 is 0 Å². The molecule has 0 unspecified atom stereocenters. The molecule has 0 saturated carbocycles. The lowest BCUT2D eigenvalue weighted by Gasteiger charge is -2.34. The Bertz CT molecular complexity index is 1520. The first-order valence-corrected chi connectivity index (χ1v) is 15.4. The van der Waals surface area contributed by atoms with E-state index in [0.717, 1.165) is 10.4 Å². The molecule has 0 spiro atoms. The third-order valence-corrected chi connectivity index (χ3v) is 9.21. The quantitative estimate of drug-likeness (QED) is 0.186. The predicted molar refractivity (Wildman–Crippen MR) is 163 cm³/mol. The molecule has 0 fully saturated rings. The van der Waals surface area contributed by atoms with Crippen LogP contribution in [0.1, 0.15) is 39.2 Å². The van der Waals surface area contributed by atoms with Gasteiger partial charge in [0, 0.05) is 40.3 Å². The lowest BCUT2D eigenvalue weighted by Crippen LogP contribution is -2.53. The minimum absolute atomic E-state index is 0.0887. The molecule has 224 valence electrons. The van der Waals surface area contributed by atoms with Crippen LogP contribution in [-0.4, -0.2) is 48.7 Å². The summed E-state index contributed by atoms with van der Waals surface area (Å²) >= 11 is 12.8. The number of hydrogen-bond donors (Lipinski definition) is 1. The summed E-state index contributed by atoms with van der Waals surface area (Å²) in [5.74, 6) is -1.15. The van der Waals surface area contributed by atoms with Gasteiger partial charge in [0.1, 0.15) is 12.6 Å². The Balaban J connectivity index is 2.13. The minimum atomic E-state index is -4.38. The lowest BCUT2D eigenvalue weighted by atomic mass is 10.1. The summed E-state index contributed by atoms with van der Waals surface area (Å²) in [7, 11) is -4.38. The number of amides is 2. The summed E-state index contributed by atoms with van der Waals surface area (Å²) in [5, 5.41) is 14.9. The molecule has 0 aliphatic rings. The first kappa shape index (κ1) is 32.8. The third kappa shape index (κ3) is 7.78. The number of nitrogens with one attached hydrogen (secondary N) is 1. The highest BCUT2D eigenvalue weighted by molar-refractivity contribution is 7.92. The molecule has 0 heterocycles. The maximum atomic E-state index is 14.1. The second kappa shape index (κ2) is 14.5. The smallest absolute Gasteiger partial charge is 0.271 e. The normalized spacial score (nSPS) is 12.7. The van der Waals surface area contributed by atoms with E-state index in [4.69, 9.17) is 23.2 Å². The first-order chi connectivity index (χ1) is 19.9. The number of benzene rings is 3. The van der Waals surface area contributed by atoms with Gasteiger partial charge in [-0.05, 0) is 50.1 Å². The average Bonchev–Trinajstić information content (AvgIpc) is 2.97. The fraction of sp³-hybridized carbons (Fsp3) is 0.310. The zero-order valence-corrected chi connectivity index (χ0v) is 25.7. The largest absolute Gasteiger partial charge is 0.352 e. The SMILES string of the molecule is CC[C@H](C(=O)N[C@@H](C)CC)N(Cc1c(Cl)cccc1Cl)C(=O)CN(c1cccc([N+](=O)[O-])c1)S(=O)(=O)c1ccccc1. The molecular formula is C29H32Cl2N4O6S. The lowest BCUT2D eigenvalue weighted by molar-refractivity contribution is -0.384. The van der Waals surface area contributed by atoms with Crippen molar-refractivity contribution in [3.05, 3.63) is 98.5 Å². The van der Waals surface area contributed by atoms with Crippen LogP contribution in [-0.2, 0) is 26.2 Å². The molecule has 0 aromatic heterocycles. The maximum absolute atomic E-state index is 14.1. The van der Waals surface area contributed by atoms with E-state index < -0.39 is 39.3 Å². The molecule has 0 saturated heterocycles. The number of nitro groups is 1. The Kier molecular flexibility index (Phi) is 11.3. The molecule has 1 N–H and O–H groups in total. The van der Waals surface area contributed by atoms with E-state index in [0.29, 0.717) is 12.0 Å². The van der Waals surface area contributed by atoms with Crippen LogP contribution in [0.4, 0.5) is 11.4 Å². The van der Waals surface area contributed by atoms with Gasteiger partial charge in [-0.3, -0.25) is 24.0 Å². The van der Waals surface area contributed by atoms with E-state index in [1.807, 2.05) is 13.8 Å². The standard InChI is InChI=1S/C29H32Cl2N4O6S/c1-4-20(3)32-29(37)27(5-2)33(18-24-25(30)15-10-16-26(24)31)28(36)19-34(21-11-9-12-22(17-21)35(38)39)42(40,41)23-13-7-6-8-14-23/h6-17,20,27H,4-5,18-19H2,1-3H3,(H,32,37)/t20-,27+/m0/s1. The van der Waals surface area contributed by atoms with E-state index in [-0.39, 0.29) is 45.3 Å². The van der Waals surface area contributed by atoms with Crippen LogP contribution >= 0.6 is 23.2 Å². The Hall–Kier alpha value is -3.67. The monoisotopic (exact) mass is 634 g/mol. The highest BCUT2D eigenvalue weighted by Crippen LogP contribution is 2.30. The third-order valence-electron chi connectivity index (χ3n) is 6.72. The number of hydrogen-bond acceptors (Lipinski definition) is 6. The second-order valence-corrected chi connectivity index (χ2v) is 12.2. The van der Waals surface area contributed by atoms with E-state index in [1.165, 1.54) is 47.4 Å². The van der Waals surface area contributed by atoms with Gasteiger partial charge >= 0.3 is 0 Å². The second-order valence-electron chi connectivity index (χ2n) is 9.57. The Labute approximate surface area is 255 Å². The minimum Gasteiger partial charge on any atom is -0.352 e. The van der Waals surface area contributed by atoms with Crippen molar-refractivity contribution in [3.8, 4) is 0 Å². The fourth-order valence-corrected chi connectivity index (χ4v) is 6.17. The maximum Gasteiger partial charge on any atom is 0.271 e. The molecule has 10 nitrogen and oxygen atoms in total. The van der Waals surface area contributed by atoms with Gasteiger partial charge in [-0.1, -0.05) is 67.4 Å². The number of non-ortho nitro benzene ring substituents is 1. The summed E-state index contributed by atoms with van der Waals surface area (Å²) in [5.41, 5.74) is -0.0571. The van der Waals surface area contributed by atoms with E-state index in [1.54, 1.807) is 31.2 Å². The Morgan fingerprint density at radius 2 is 1.57 bits per heavy atom. The van der Waals surface area contributed by atoms with Crippen LogP contribution in [0.3, 0.4) is 0 Å². The van der Waals surface area contributed by atoms with Crippen LogP contribution in [0.5, 0.6) is 0 Å². The van der Waals surface area contributed by atoms with Gasteiger partial charge in [0.05, 0.1) is 15.5 Å². The van der Waals surface area contributed by atoms with E-state index in [2.05, 4.69) is 5.32 Å². The molecule has 3 rings (SSSR count). The topological polar surface area (TPSA) is 130 Å². The zero-order chi connectivity index (χ0) is 31.0. The number of rotatable bonds is 13. The molecule has 2 amide bonds. The number of anilines is 1. The van der Waals surface area contributed by atoms with Gasteiger partial charge in [-0.25, -0.2) is 8.42 Å². The zero-order valence-electron chi connectivity index (χ0n) is 23.4. The van der Waals surface area contributed by atoms with Crippen molar-refractivity contribution < 1.29 is 22.9 Å². The summed E-state index contributed by atoms with van der Waals surface area (Å²) in [6.07, 6.45) is 0.862. The van der Waals surface area contributed by atoms with Crippen molar-refractivity contribution >= 4 is 56.4 Å². The molecular weight excluding hydrogens is 603 g/mol. The number of sulfonamides is 1. The van der Waals surface area contributed by atoms with Gasteiger partial charge in [0.25, 0.3) is 15.7 Å². The van der Waals surface area contributed by atoms with Gasteiger partial charge in [0.15, 0.2) is 0 Å². The predicted octanol–water partition coefficient (Wildman–Crippen LogP) is 5.82. The van der Waals surface area contributed by atoms with Crippen molar-refractivity contribution in [2.45, 2.75) is 57.1 Å². The number of carbonyl (C=O) groups is 2.